The number of halogens is 1. The Bertz CT molecular complexity index is 816. The van der Waals surface area contributed by atoms with E-state index >= 15 is 0 Å². The highest BCUT2D eigenvalue weighted by molar-refractivity contribution is 7.89. The second-order valence-corrected chi connectivity index (χ2v) is 8.47. The minimum Gasteiger partial charge on any atom is -0.208 e. The second kappa shape index (κ2) is 7.26. The van der Waals surface area contributed by atoms with Crippen LogP contribution in [-0.2, 0) is 29.3 Å². The summed E-state index contributed by atoms with van der Waals surface area (Å²) in [5, 5.41) is 0.531. The van der Waals surface area contributed by atoms with Crippen molar-refractivity contribution in [1.29, 1.82) is 0 Å². The molecular formula is C19H22ClNO2S. The molecule has 128 valence electrons. The Hall–Kier alpha value is -1.36. The Balaban J connectivity index is 1.76. The molecule has 2 aromatic rings. The quantitative estimate of drug-likeness (QED) is 0.868. The molecule has 1 aliphatic carbocycles. The van der Waals surface area contributed by atoms with Crippen molar-refractivity contribution in [2.45, 2.75) is 50.0 Å². The number of aryl methyl sites for hydroxylation is 1. The third-order valence-electron chi connectivity index (χ3n) is 4.54. The summed E-state index contributed by atoms with van der Waals surface area (Å²) in [6.07, 6.45) is 4.73. The second-order valence-electron chi connectivity index (χ2n) is 6.32. The molecule has 0 saturated heterocycles. The van der Waals surface area contributed by atoms with Crippen molar-refractivity contribution >= 4 is 21.6 Å². The van der Waals surface area contributed by atoms with E-state index in [1.165, 1.54) is 16.7 Å². The molecule has 2 aromatic carbocycles. The Morgan fingerprint density at radius 3 is 2.62 bits per heavy atom. The molecule has 24 heavy (non-hydrogen) atoms. The van der Waals surface area contributed by atoms with Crippen molar-refractivity contribution < 1.29 is 8.42 Å². The Kier molecular flexibility index (Phi) is 5.28. The Labute approximate surface area is 149 Å². The maximum Gasteiger partial charge on any atom is 0.240 e. The monoisotopic (exact) mass is 363 g/mol. The van der Waals surface area contributed by atoms with Crippen molar-refractivity contribution in [3.63, 3.8) is 0 Å². The normalized spacial score (nSPS) is 17.5. The zero-order valence-corrected chi connectivity index (χ0v) is 15.3. The van der Waals surface area contributed by atoms with Crippen molar-refractivity contribution in [3.05, 3.63) is 64.2 Å². The third-order valence-corrected chi connectivity index (χ3v) is 6.33. The number of sulfonamides is 1. The summed E-state index contributed by atoms with van der Waals surface area (Å²) in [4.78, 5) is 0.262. The summed E-state index contributed by atoms with van der Waals surface area (Å²) in [5.41, 5.74) is 4.10. The lowest BCUT2D eigenvalue weighted by atomic mass is 9.85. The van der Waals surface area contributed by atoms with Crippen molar-refractivity contribution in [2.24, 2.45) is 0 Å². The molecule has 0 bridgehead atoms. The molecule has 0 saturated carbocycles. The molecule has 1 unspecified atom stereocenters. The van der Waals surface area contributed by atoms with Gasteiger partial charge in [0, 0.05) is 11.1 Å². The van der Waals surface area contributed by atoms with Gasteiger partial charge in [-0.3, -0.25) is 0 Å². The van der Waals surface area contributed by atoms with Gasteiger partial charge >= 0.3 is 0 Å². The highest BCUT2D eigenvalue weighted by Crippen LogP contribution is 2.26. The van der Waals surface area contributed by atoms with Gasteiger partial charge in [-0.25, -0.2) is 13.1 Å². The van der Waals surface area contributed by atoms with Crippen LogP contribution in [0, 0.1) is 0 Å². The van der Waals surface area contributed by atoms with Crippen LogP contribution in [0.5, 0.6) is 0 Å². The molecule has 3 rings (SSSR count). The van der Waals surface area contributed by atoms with Crippen LogP contribution in [-0.4, -0.2) is 14.5 Å². The van der Waals surface area contributed by atoms with Crippen LogP contribution in [0.15, 0.2) is 47.4 Å². The van der Waals surface area contributed by atoms with Gasteiger partial charge in [0.1, 0.15) is 0 Å². The molecule has 3 nitrogen and oxygen atoms in total. The van der Waals surface area contributed by atoms with Gasteiger partial charge in [0.05, 0.1) is 4.90 Å². The van der Waals surface area contributed by atoms with E-state index in [9.17, 15) is 8.42 Å². The van der Waals surface area contributed by atoms with Crippen LogP contribution in [0.3, 0.4) is 0 Å². The van der Waals surface area contributed by atoms with E-state index in [-0.39, 0.29) is 10.9 Å². The highest BCUT2D eigenvalue weighted by Gasteiger charge is 2.25. The molecule has 0 radical (unpaired) electrons. The molecule has 1 aliphatic rings. The fraction of sp³-hybridized carbons (Fsp3) is 0.368. The van der Waals surface area contributed by atoms with Gasteiger partial charge in [0.2, 0.25) is 10.0 Å². The molecule has 0 aromatic heterocycles. The fourth-order valence-electron chi connectivity index (χ4n) is 3.39. The molecule has 0 aliphatic heterocycles. The van der Waals surface area contributed by atoms with Crippen LogP contribution in [0.2, 0.25) is 5.02 Å². The van der Waals surface area contributed by atoms with E-state index in [2.05, 4.69) is 29.8 Å². The lowest BCUT2D eigenvalue weighted by Gasteiger charge is -2.27. The Morgan fingerprint density at radius 1 is 1.17 bits per heavy atom. The number of fused-ring (bicyclic) bond motifs is 1. The van der Waals surface area contributed by atoms with E-state index in [0.717, 1.165) is 32.1 Å². The summed E-state index contributed by atoms with van der Waals surface area (Å²) < 4.78 is 27.9. The van der Waals surface area contributed by atoms with E-state index in [1.54, 1.807) is 24.3 Å². The van der Waals surface area contributed by atoms with Crippen molar-refractivity contribution in [2.75, 3.05) is 0 Å². The fourth-order valence-corrected chi connectivity index (χ4v) is 4.79. The number of hydrogen-bond donors (Lipinski definition) is 1. The summed E-state index contributed by atoms with van der Waals surface area (Å²) in [6, 6.07) is 12.6. The summed E-state index contributed by atoms with van der Waals surface area (Å²) in [6.45, 7) is 2.19. The minimum absolute atomic E-state index is 0.0601. The van der Waals surface area contributed by atoms with Gasteiger partial charge in [-0.05, 0) is 66.6 Å². The first-order chi connectivity index (χ1) is 11.5. The van der Waals surface area contributed by atoms with Crippen LogP contribution in [0.25, 0.3) is 0 Å². The van der Waals surface area contributed by atoms with Crippen LogP contribution in [0.1, 0.15) is 36.5 Å². The maximum absolute atomic E-state index is 12.5. The first-order valence-electron chi connectivity index (χ1n) is 8.37. The summed E-state index contributed by atoms with van der Waals surface area (Å²) in [7, 11) is -3.51. The molecule has 1 N–H and O–H groups in total. The van der Waals surface area contributed by atoms with Crippen LogP contribution < -0.4 is 4.72 Å². The average molecular weight is 364 g/mol. The number of benzene rings is 2. The topological polar surface area (TPSA) is 46.2 Å². The van der Waals surface area contributed by atoms with Crippen LogP contribution in [0.4, 0.5) is 0 Å². The van der Waals surface area contributed by atoms with Gasteiger partial charge in [0.25, 0.3) is 0 Å². The maximum atomic E-state index is 12.5. The smallest absolute Gasteiger partial charge is 0.208 e. The molecule has 0 heterocycles. The van der Waals surface area contributed by atoms with Gasteiger partial charge in [-0.2, -0.15) is 0 Å². The van der Waals surface area contributed by atoms with E-state index in [0.29, 0.717) is 5.02 Å². The van der Waals surface area contributed by atoms with Crippen LogP contribution >= 0.6 is 11.6 Å². The number of rotatable bonds is 5. The van der Waals surface area contributed by atoms with Crippen molar-refractivity contribution in [3.8, 4) is 0 Å². The van der Waals surface area contributed by atoms with Gasteiger partial charge in [0.15, 0.2) is 0 Å². The molecule has 5 heteroatoms. The van der Waals surface area contributed by atoms with E-state index < -0.39 is 10.0 Å². The predicted molar refractivity (Wildman–Crippen MR) is 98.0 cm³/mol. The van der Waals surface area contributed by atoms with E-state index in [1.807, 2.05) is 0 Å². The molecular weight excluding hydrogens is 342 g/mol. The first-order valence-corrected chi connectivity index (χ1v) is 10.2. The third kappa shape index (κ3) is 3.82. The molecule has 0 amide bonds. The van der Waals surface area contributed by atoms with Gasteiger partial charge in [-0.15, -0.1) is 0 Å². The molecule has 0 spiro atoms. The Morgan fingerprint density at radius 2 is 1.92 bits per heavy atom. The highest BCUT2D eigenvalue weighted by atomic mass is 35.5. The van der Waals surface area contributed by atoms with Gasteiger partial charge in [-0.1, -0.05) is 43.1 Å². The zero-order valence-electron chi connectivity index (χ0n) is 13.8. The minimum atomic E-state index is -3.51. The lowest BCUT2D eigenvalue weighted by Crippen LogP contribution is -2.39. The zero-order chi connectivity index (χ0) is 17.2. The number of hydrogen-bond acceptors (Lipinski definition) is 2. The predicted octanol–water partition coefficient (Wildman–Crippen LogP) is 4.13. The van der Waals surface area contributed by atoms with Gasteiger partial charge < -0.3 is 0 Å². The van der Waals surface area contributed by atoms with E-state index in [4.69, 9.17) is 11.6 Å². The average Bonchev–Trinajstić information content (AvgIpc) is 2.55. The SMILES string of the molecule is CCCc1cccc2c1CCC(NS(=O)(=O)c1ccc(Cl)cc1)C2. The largest absolute Gasteiger partial charge is 0.240 e. The molecule has 0 fully saturated rings. The standard InChI is InChI=1S/C19H22ClNO2S/c1-2-4-14-5-3-6-15-13-17(9-12-19(14)15)21-24(22,23)18-10-7-16(20)8-11-18/h3,5-8,10-11,17,21H,2,4,9,12-13H2,1H3. The van der Waals surface area contributed by atoms with Crippen molar-refractivity contribution in [1.82, 2.24) is 4.72 Å². The lowest BCUT2D eigenvalue weighted by molar-refractivity contribution is 0.506. The molecule has 1 atom stereocenters. The summed E-state index contributed by atoms with van der Waals surface area (Å²) in [5.74, 6) is 0. The number of nitrogens with one attached hydrogen (secondary N) is 1. The first kappa shape index (κ1) is 17.5. The summed E-state index contributed by atoms with van der Waals surface area (Å²) >= 11 is 5.84.